The van der Waals surface area contributed by atoms with E-state index in [2.05, 4.69) is 34.0 Å². The Bertz CT molecular complexity index is 293. The first-order valence-corrected chi connectivity index (χ1v) is 5.58. The molecule has 0 aliphatic rings. The second-order valence-corrected chi connectivity index (χ2v) is 3.53. The Kier molecular flexibility index (Phi) is 5.36. The zero-order valence-corrected chi connectivity index (χ0v) is 9.96. The van der Waals surface area contributed by atoms with Gasteiger partial charge in [-0.25, -0.2) is 9.97 Å². The van der Waals surface area contributed by atoms with E-state index in [9.17, 15) is 0 Å². The third-order valence-electron chi connectivity index (χ3n) is 2.14. The van der Waals surface area contributed by atoms with Gasteiger partial charge in [0.25, 0.3) is 0 Å². The van der Waals surface area contributed by atoms with Gasteiger partial charge in [0, 0.05) is 19.6 Å². The highest BCUT2D eigenvalue weighted by Gasteiger charge is 2.08. The SMILES string of the molecule is CCNCCN(CC)c1ncncc1Cl. The lowest BCUT2D eigenvalue weighted by atomic mass is 10.4. The summed E-state index contributed by atoms with van der Waals surface area (Å²) in [5, 5.41) is 3.88. The third kappa shape index (κ3) is 3.64. The van der Waals surface area contributed by atoms with Crippen LogP contribution in [0.25, 0.3) is 0 Å². The number of halogens is 1. The van der Waals surface area contributed by atoms with E-state index in [0.29, 0.717) is 5.02 Å². The lowest BCUT2D eigenvalue weighted by molar-refractivity contribution is 0.683. The molecule has 0 fully saturated rings. The van der Waals surface area contributed by atoms with E-state index >= 15 is 0 Å². The van der Waals surface area contributed by atoms with Crippen molar-refractivity contribution in [3.63, 3.8) is 0 Å². The van der Waals surface area contributed by atoms with E-state index in [1.54, 1.807) is 6.20 Å². The molecule has 0 atom stereocenters. The van der Waals surface area contributed by atoms with E-state index in [1.807, 2.05) is 0 Å². The number of aromatic nitrogens is 2. The first-order valence-electron chi connectivity index (χ1n) is 5.20. The molecule has 0 aromatic carbocycles. The Morgan fingerprint density at radius 1 is 1.47 bits per heavy atom. The van der Waals surface area contributed by atoms with Crippen LogP contribution in [0.5, 0.6) is 0 Å². The van der Waals surface area contributed by atoms with Gasteiger partial charge in [0.2, 0.25) is 0 Å². The summed E-state index contributed by atoms with van der Waals surface area (Å²) >= 11 is 6.02. The van der Waals surface area contributed by atoms with Crippen molar-refractivity contribution in [2.24, 2.45) is 0 Å². The molecule has 0 spiro atoms. The minimum Gasteiger partial charge on any atom is -0.354 e. The van der Waals surface area contributed by atoms with Gasteiger partial charge in [0.1, 0.15) is 11.3 Å². The largest absolute Gasteiger partial charge is 0.354 e. The van der Waals surface area contributed by atoms with Gasteiger partial charge in [0.15, 0.2) is 5.82 Å². The minimum atomic E-state index is 0.607. The summed E-state index contributed by atoms with van der Waals surface area (Å²) in [6.45, 7) is 7.89. The zero-order valence-electron chi connectivity index (χ0n) is 9.20. The first kappa shape index (κ1) is 12.2. The monoisotopic (exact) mass is 228 g/mol. The van der Waals surface area contributed by atoms with Crippen molar-refractivity contribution in [1.82, 2.24) is 15.3 Å². The Labute approximate surface area is 95.7 Å². The maximum Gasteiger partial charge on any atom is 0.150 e. The van der Waals surface area contributed by atoms with Crippen molar-refractivity contribution in [3.05, 3.63) is 17.5 Å². The van der Waals surface area contributed by atoms with Crippen LogP contribution in [0.4, 0.5) is 5.82 Å². The van der Waals surface area contributed by atoms with E-state index in [-0.39, 0.29) is 0 Å². The van der Waals surface area contributed by atoms with Crippen LogP contribution in [-0.4, -0.2) is 36.1 Å². The average molecular weight is 229 g/mol. The molecule has 4 nitrogen and oxygen atoms in total. The Balaban J connectivity index is 2.61. The highest BCUT2D eigenvalue weighted by Crippen LogP contribution is 2.20. The molecule has 1 N–H and O–H groups in total. The molecule has 1 aromatic rings. The fraction of sp³-hybridized carbons (Fsp3) is 0.600. The summed E-state index contributed by atoms with van der Waals surface area (Å²) < 4.78 is 0. The predicted molar refractivity (Wildman–Crippen MR) is 63.5 cm³/mol. The van der Waals surface area contributed by atoms with Gasteiger partial charge in [-0.2, -0.15) is 0 Å². The molecule has 1 aromatic heterocycles. The van der Waals surface area contributed by atoms with E-state index in [4.69, 9.17) is 11.6 Å². The molecule has 0 bridgehead atoms. The van der Waals surface area contributed by atoms with Crippen LogP contribution in [0, 0.1) is 0 Å². The van der Waals surface area contributed by atoms with Gasteiger partial charge in [-0.05, 0) is 13.5 Å². The van der Waals surface area contributed by atoms with Gasteiger partial charge in [-0.1, -0.05) is 18.5 Å². The topological polar surface area (TPSA) is 41.0 Å². The van der Waals surface area contributed by atoms with Crippen molar-refractivity contribution >= 4 is 17.4 Å². The molecular formula is C10H17ClN4. The van der Waals surface area contributed by atoms with E-state index in [0.717, 1.165) is 32.0 Å². The Morgan fingerprint density at radius 2 is 2.27 bits per heavy atom. The van der Waals surface area contributed by atoms with Crippen LogP contribution in [0.3, 0.4) is 0 Å². The molecule has 0 unspecified atom stereocenters. The molecule has 0 radical (unpaired) electrons. The van der Waals surface area contributed by atoms with Gasteiger partial charge in [0.05, 0.1) is 6.20 Å². The van der Waals surface area contributed by atoms with Crippen LogP contribution in [0.15, 0.2) is 12.5 Å². The van der Waals surface area contributed by atoms with Gasteiger partial charge < -0.3 is 10.2 Å². The fourth-order valence-corrected chi connectivity index (χ4v) is 1.57. The van der Waals surface area contributed by atoms with Gasteiger partial charge in [-0.15, -0.1) is 0 Å². The third-order valence-corrected chi connectivity index (χ3v) is 2.40. The number of likely N-dealkylation sites (N-methyl/N-ethyl adjacent to an activating group) is 2. The number of nitrogens with zero attached hydrogens (tertiary/aromatic N) is 3. The summed E-state index contributed by atoms with van der Waals surface area (Å²) in [4.78, 5) is 10.2. The number of nitrogens with one attached hydrogen (secondary N) is 1. The van der Waals surface area contributed by atoms with Crippen molar-refractivity contribution < 1.29 is 0 Å². The lowest BCUT2D eigenvalue weighted by Crippen LogP contribution is -2.32. The molecule has 0 saturated carbocycles. The Hall–Kier alpha value is -0.870. The summed E-state index contributed by atoms with van der Waals surface area (Å²) in [5.41, 5.74) is 0. The van der Waals surface area contributed by atoms with Crippen LogP contribution in [0.2, 0.25) is 5.02 Å². The fourth-order valence-electron chi connectivity index (χ4n) is 1.34. The highest BCUT2D eigenvalue weighted by molar-refractivity contribution is 6.32. The molecule has 5 heteroatoms. The molecule has 1 rings (SSSR count). The summed E-state index contributed by atoms with van der Waals surface area (Å²) in [7, 11) is 0. The quantitative estimate of drug-likeness (QED) is 0.751. The lowest BCUT2D eigenvalue weighted by Gasteiger charge is -2.22. The van der Waals surface area contributed by atoms with E-state index in [1.165, 1.54) is 6.33 Å². The zero-order chi connectivity index (χ0) is 11.1. The smallest absolute Gasteiger partial charge is 0.150 e. The van der Waals surface area contributed by atoms with Crippen molar-refractivity contribution in [1.29, 1.82) is 0 Å². The van der Waals surface area contributed by atoms with Crippen molar-refractivity contribution in [2.75, 3.05) is 31.1 Å². The highest BCUT2D eigenvalue weighted by atomic mass is 35.5. The van der Waals surface area contributed by atoms with E-state index < -0.39 is 0 Å². The van der Waals surface area contributed by atoms with Crippen LogP contribution < -0.4 is 10.2 Å². The van der Waals surface area contributed by atoms with Crippen molar-refractivity contribution in [3.8, 4) is 0 Å². The number of hydrogen-bond acceptors (Lipinski definition) is 4. The summed E-state index contributed by atoms with van der Waals surface area (Å²) in [6.07, 6.45) is 3.15. The van der Waals surface area contributed by atoms with Gasteiger partial charge in [-0.3, -0.25) is 0 Å². The number of hydrogen-bond donors (Lipinski definition) is 1. The standard InChI is InChI=1S/C10H17ClN4/c1-3-12-5-6-15(4-2)10-9(11)7-13-8-14-10/h7-8,12H,3-6H2,1-2H3. The second kappa shape index (κ2) is 6.58. The molecule has 1 heterocycles. The maximum absolute atomic E-state index is 6.02. The molecule has 0 aliphatic heterocycles. The molecule has 15 heavy (non-hydrogen) atoms. The summed E-state index contributed by atoms with van der Waals surface area (Å²) in [5.74, 6) is 0.812. The Morgan fingerprint density at radius 3 is 2.87 bits per heavy atom. The maximum atomic E-state index is 6.02. The molecule has 0 aliphatic carbocycles. The number of anilines is 1. The minimum absolute atomic E-state index is 0.607. The van der Waals surface area contributed by atoms with Crippen LogP contribution in [-0.2, 0) is 0 Å². The van der Waals surface area contributed by atoms with Crippen LogP contribution in [0.1, 0.15) is 13.8 Å². The molecular weight excluding hydrogens is 212 g/mol. The average Bonchev–Trinajstić information content (AvgIpc) is 2.26. The molecule has 0 saturated heterocycles. The normalized spacial score (nSPS) is 10.3. The molecule has 84 valence electrons. The predicted octanol–water partition coefficient (Wildman–Crippen LogP) is 1.57. The number of rotatable bonds is 6. The van der Waals surface area contributed by atoms with Crippen LogP contribution >= 0.6 is 11.6 Å². The van der Waals surface area contributed by atoms with Crippen molar-refractivity contribution in [2.45, 2.75) is 13.8 Å². The van der Waals surface area contributed by atoms with Gasteiger partial charge >= 0.3 is 0 Å². The second-order valence-electron chi connectivity index (χ2n) is 3.13. The summed E-state index contributed by atoms with van der Waals surface area (Å²) in [6, 6.07) is 0. The molecule has 0 amide bonds. The first-order chi connectivity index (χ1) is 7.29.